The normalized spacial score (nSPS) is 28.9. The van der Waals surface area contributed by atoms with Gasteiger partial charge in [-0.2, -0.15) is 0 Å². The number of rotatable bonds is 3. The summed E-state index contributed by atoms with van der Waals surface area (Å²) >= 11 is 0. The Balaban J connectivity index is 2.95. The lowest BCUT2D eigenvalue weighted by Crippen LogP contribution is -2.33. The second-order valence-electron chi connectivity index (χ2n) is 5.26. The van der Waals surface area contributed by atoms with Crippen LogP contribution in [0.5, 0.6) is 0 Å². The first-order chi connectivity index (χ1) is 7.39. The molecule has 0 amide bonds. The lowest BCUT2D eigenvalue weighted by molar-refractivity contribution is -0.126. The fourth-order valence-corrected chi connectivity index (χ4v) is 2.32. The van der Waals surface area contributed by atoms with E-state index in [1.807, 2.05) is 6.08 Å². The molecule has 1 aliphatic carbocycles. The Bertz CT molecular complexity index is 348. The zero-order valence-corrected chi connectivity index (χ0v) is 10.5. The van der Waals surface area contributed by atoms with Crippen LogP contribution >= 0.6 is 0 Å². The van der Waals surface area contributed by atoms with Crippen molar-refractivity contribution in [2.75, 3.05) is 0 Å². The minimum Gasteiger partial charge on any atom is -0.294 e. The maximum absolute atomic E-state index is 11.0. The third kappa shape index (κ3) is 2.49. The molecule has 0 aromatic heterocycles. The summed E-state index contributed by atoms with van der Waals surface area (Å²) in [4.78, 5) is 21.2. The number of aldehydes is 1. The van der Waals surface area contributed by atoms with E-state index in [2.05, 4.69) is 33.8 Å². The molecular formula is C14H20O2. The number of carbonyl (C=O) groups excluding carboxylic acids is 2. The highest BCUT2D eigenvalue weighted by Gasteiger charge is 2.36. The van der Waals surface area contributed by atoms with Gasteiger partial charge in [-0.3, -0.25) is 9.59 Å². The predicted molar refractivity (Wildman–Crippen MR) is 65.0 cm³/mol. The number of ketones is 1. The molecule has 2 nitrogen and oxygen atoms in total. The molecule has 0 bridgehead atoms. The van der Waals surface area contributed by atoms with Gasteiger partial charge in [0.15, 0.2) is 6.29 Å². The van der Waals surface area contributed by atoms with Crippen LogP contribution in [0.4, 0.5) is 0 Å². The zero-order valence-electron chi connectivity index (χ0n) is 10.5. The van der Waals surface area contributed by atoms with Crippen molar-refractivity contribution < 1.29 is 9.59 Å². The van der Waals surface area contributed by atoms with Gasteiger partial charge in [-0.1, -0.05) is 38.5 Å². The van der Waals surface area contributed by atoms with Gasteiger partial charge in [0.1, 0.15) is 0 Å². The fraction of sp³-hybridized carbons (Fsp3) is 0.571. The van der Waals surface area contributed by atoms with Crippen LogP contribution in [0.15, 0.2) is 23.8 Å². The molecule has 0 aliphatic heterocycles. The smallest absolute Gasteiger partial charge is 0.217 e. The Kier molecular flexibility index (Phi) is 3.84. The molecule has 0 heterocycles. The molecule has 16 heavy (non-hydrogen) atoms. The molecule has 0 fully saturated rings. The van der Waals surface area contributed by atoms with Crippen LogP contribution in [0.3, 0.4) is 0 Å². The first-order valence-electron chi connectivity index (χ1n) is 5.73. The molecule has 2 heteroatoms. The van der Waals surface area contributed by atoms with Crippen molar-refractivity contribution in [2.45, 2.75) is 34.1 Å². The summed E-state index contributed by atoms with van der Waals surface area (Å²) in [5, 5.41) is 0. The topological polar surface area (TPSA) is 34.1 Å². The molecule has 0 saturated heterocycles. The highest BCUT2D eigenvalue weighted by Crippen LogP contribution is 2.45. The van der Waals surface area contributed by atoms with E-state index in [-0.39, 0.29) is 11.3 Å². The van der Waals surface area contributed by atoms with Crippen LogP contribution in [0.2, 0.25) is 0 Å². The van der Waals surface area contributed by atoms with E-state index >= 15 is 0 Å². The molecule has 0 N–H and O–H groups in total. The van der Waals surface area contributed by atoms with Gasteiger partial charge >= 0.3 is 0 Å². The highest BCUT2D eigenvalue weighted by atomic mass is 16.2. The average Bonchev–Trinajstić information content (AvgIpc) is 2.23. The molecule has 2 atom stereocenters. The van der Waals surface area contributed by atoms with Crippen molar-refractivity contribution >= 4 is 12.1 Å². The third-order valence-corrected chi connectivity index (χ3v) is 3.92. The monoisotopic (exact) mass is 220 g/mol. The van der Waals surface area contributed by atoms with E-state index in [0.29, 0.717) is 12.2 Å². The molecule has 0 aromatic carbocycles. The molecule has 0 saturated carbocycles. The van der Waals surface area contributed by atoms with Crippen molar-refractivity contribution in [3.63, 3.8) is 0 Å². The number of hydrogen-bond donors (Lipinski definition) is 0. The van der Waals surface area contributed by atoms with Gasteiger partial charge in [-0.05, 0) is 30.8 Å². The Morgan fingerprint density at radius 3 is 2.69 bits per heavy atom. The van der Waals surface area contributed by atoms with Gasteiger partial charge in [-0.15, -0.1) is 0 Å². The zero-order chi connectivity index (χ0) is 12.3. The summed E-state index contributed by atoms with van der Waals surface area (Å²) in [6.45, 7) is 8.75. The largest absolute Gasteiger partial charge is 0.294 e. The lowest BCUT2D eigenvalue weighted by atomic mass is 9.63. The van der Waals surface area contributed by atoms with Crippen molar-refractivity contribution in [1.82, 2.24) is 0 Å². The summed E-state index contributed by atoms with van der Waals surface area (Å²) in [7, 11) is 0. The maximum Gasteiger partial charge on any atom is 0.217 e. The Hall–Kier alpha value is -1.18. The maximum atomic E-state index is 11.0. The quantitative estimate of drug-likeness (QED) is 0.317. The van der Waals surface area contributed by atoms with Crippen molar-refractivity contribution in [3.8, 4) is 0 Å². The Morgan fingerprint density at radius 1 is 1.50 bits per heavy atom. The van der Waals surface area contributed by atoms with Crippen LogP contribution in [0, 0.1) is 17.3 Å². The lowest BCUT2D eigenvalue weighted by Gasteiger charge is -2.42. The van der Waals surface area contributed by atoms with Crippen LogP contribution in [0.25, 0.3) is 0 Å². The Labute approximate surface area is 97.4 Å². The second-order valence-corrected chi connectivity index (χ2v) is 5.26. The molecule has 0 aromatic rings. The molecular weight excluding hydrogens is 200 g/mol. The van der Waals surface area contributed by atoms with Gasteiger partial charge < -0.3 is 0 Å². The van der Waals surface area contributed by atoms with Crippen LogP contribution < -0.4 is 0 Å². The summed E-state index contributed by atoms with van der Waals surface area (Å²) < 4.78 is 0. The summed E-state index contributed by atoms with van der Waals surface area (Å²) in [6.07, 6.45) is 6.95. The minimum atomic E-state index is -0.457. The van der Waals surface area contributed by atoms with Crippen LogP contribution in [0.1, 0.15) is 34.1 Å². The number of allylic oxidation sites excluding steroid dienone is 4. The molecule has 1 aliphatic rings. The minimum absolute atomic E-state index is 0.137. The van der Waals surface area contributed by atoms with Crippen molar-refractivity contribution in [2.24, 2.45) is 17.3 Å². The van der Waals surface area contributed by atoms with Crippen LogP contribution in [-0.4, -0.2) is 12.1 Å². The number of hydrogen-bond acceptors (Lipinski definition) is 2. The first kappa shape index (κ1) is 12.9. The summed E-state index contributed by atoms with van der Waals surface area (Å²) in [5.74, 6) is 0.374. The standard InChI is InChI=1S/C14H20O2/c1-10-5-6-11(2)14(3,4)13(10)8-7-12(16)9-15/h5,7-9,11,13H,6H2,1-4H3/b8-7+. The van der Waals surface area contributed by atoms with E-state index in [9.17, 15) is 9.59 Å². The second kappa shape index (κ2) is 4.77. The summed E-state index contributed by atoms with van der Waals surface area (Å²) in [6, 6.07) is 0. The van der Waals surface area contributed by atoms with E-state index in [1.54, 1.807) is 0 Å². The first-order valence-corrected chi connectivity index (χ1v) is 5.73. The van der Waals surface area contributed by atoms with Gasteiger partial charge in [-0.25, -0.2) is 0 Å². The average molecular weight is 220 g/mol. The fourth-order valence-electron chi connectivity index (χ4n) is 2.32. The van der Waals surface area contributed by atoms with Crippen molar-refractivity contribution in [1.29, 1.82) is 0 Å². The Morgan fingerprint density at radius 2 is 2.12 bits per heavy atom. The molecule has 0 radical (unpaired) electrons. The SMILES string of the molecule is CC1=CCC(C)C(C)(C)C1/C=C/C(=O)C=O. The van der Waals surface area contributed by atoms with E-state index in [1.165, 1.54) is 11.6 Å². The van der Waals surface area contributed by atoms with Gasteiger partial charge in [0.2, 0.25) is 5.78 Å². The predicted octanol–water partition coefficient (Wildman–Crippen LogP) is 2.94. The van der Waals surface area contributed by atoms with E-state index < -0.39 is 5.78 Å². The number of carbonyl (C=O) groups is 2. The van der Waals surface area contributed by atoms with E-state index in [4.69, 9.17) is 0 Å². The highest BCUT2D eigenvalue weighted by molar-refractivity contribution is 6.30. The third-order valence-electron chi connectivity index (χ3n) is 3.92. The van der Waals surface area contributed by atoms with Gasteiger partial charge in [0.25, 0.3) is 0 Å². The van der Waals surface area contributed by atoms with Gasteiger partial charge in [0.05, 0.1) is 0 Å². The molecule has 88 valence electrons. The van der Waals surface area contributed by atoms with Crippen molar-refractivity contribution in [3.05, 3.63) is 23.8 Å². The van der Waals surface area contributed by atoms with Gasteiger partial charge in [0, 0.05) is 5.92 Å². The van der Waals surface area contributed by atoms with E-state index in [0.717, 1.165) is 6.42 Å². The summed E-state index contributed by atoms with van der Waals surface area (Å²) in [5.41, 5.74) is 1.43. The molecule has 2 unspecified atom stereocenters. The molecule has 0 spiro atoms. The van der Waals surface area contributed by atoms with Crippen LogP contribution in [-0.2, 0) is 9.59 Å². The molecule has 1 rings (SSSR count).